The van der Waals surface area contributed by atoms with Gasteiger partial charge in [0, 0.05) is 12.0 Å². The highest BCUT2D eigenvalue weighted by Gasteiger charge is 2.10. The highest BCUT2D eigenvalue weighted by atomic mass is 16.4. The van der Waals surface area contributed by atoms with Crippen molar-refractivity contribution in [1.29, 1.82) is 0 Å². The Hall–Kier alpha value is -2.90. The maximum atomic E-state index is 11.9. The van der Waals surface area contributed by atoms with E-state index in [1.54, 1.807) is 12.1 Å². The van der Waals surface area contributed by atoms with Crippen molar-refractivity contribution >= 4 is 23.7 Å². The Morgan fingerprint density at radius 1 is 0.957 bits per heavy atom. The summed E-state index contributed by atoms with van der Waals surface area (Å²) in [6.07, 6.45) is -0.574. The van der Waals surface area contributed by atoms with E-state index < -0.39 is 23.7 Å². The standard InChI is InChI=1S/C15H19N3O5/c1-9-3-4-11(7-10(9)2)15(23)16-8-13(20)18-17-12(19)5-6-14(21)22/h3-4,7H,5-6,8H2,1-2H3,(H,16,23)(H,17,19)(H,18,20)(H,21,22). The Labute approximate surface area is 133 Å². The molecule has 0 aliphatic rings. The van der Waals surface area contributed by atoms with E-state index in [4.69, 9.17) is 5.11 Å². The molecule has 1 aromatic rings. The minimum atomic E-state index is -1.10. The third-order valence-electron chi connectivity index (χ3n) is 3.09. The number of aliphatic carboxylic acids is 1. The zero-order valence-corrected chi connectivity index (χ0v) is 12.9. The minimum Gasteiger partial charge on any atom is -0.481 e. The van der Waals surface area contributed by atoms with Crippen molar-refractivity contribution in [3.63, 3.8) is 0 Å². The lowest BCUT2D eigenvalue weighted by Crippen LogP contribution is -2.46. The number of aryl methyl sites for hydroxylation is 2. The number of carboxylic acid groups (broad SMARTS) is 1. The Morgan fingerprint density at radius 3 is 2.22 bits per heavy atom. The lowest BCUT2D eigenvalue weighted by molar-refractivity contribution is -0.139. The van der Waals surface area contributed by atoms with Gasteiger partial charge in [-0.05, 0) is 37.1 Å². The van der Waals surface area contributed by atoms with E-state index in [0.29, 0.717) is 5.56 Å². The quantitative estimate of drug-likeness (QED) is 0.551. The number of nitrogens with one attached hydrogen (secondary N) is 3. The minimum absolute atomic E-state index is 0.245. The molecule has 0 unspecified atom stereocenters. The van der Waals surface area contributed by atoms with Gasteiger partial charge in [0.1, 0.15) is 0 Å². The van der Waals surface area contributed by atoms with Gasteiger partial charge in [0.05, 0.1) is 13.0 Å². The fourth-order valence-electron chi connectivity index (χ4n) is 1.61. The molecule has 1 rings (SSSR count). The summed E-state index contributed by atoms with van der Waals surface area (Å²) in [6.45, 7) is 3.49. The van der Waals surface area contributed by atoms with Crippen molar-refractivity contribution < 1.29 is 24.3 Å². The molecule has 0 aliphatic carbocycles. The van der Waals surface area contributed by atoms with E-state index in [2.05, 4.69) is 16.2 Å². The summed E-state index contributed by atoms with van der Waals surface area (Å²) >= 11 is 0. The van der Waals surface area contributed by atoms with Crippen LogP contribution in [0.15, 0.2) is 18.2 Å². The third-order valence-corrected chi connectivity index (χ3v) is 3.09. The second kappa shape index (κ2) is 8.52. The number of rotatable bonds is 6. The number of amides is 3. The molecule has 0 spiro atoms. The molecule has 8 nitrogen and oxygen atoms in total. The van der Waals surface area contributed by atoms with Crippen LogP contribution >= 0.6 is 0 Å². The van der Waals surface area contributed by atoms with Gasteiger partial charge >= 0.3 is 5.97 Å². The van der Waals surface area contributed by atoms with Crippen LogP contribution in [0.5, 0.6) is 0 Å². The Bertz CT molecular complexity index is 628. The zero-order valence-electron chi connectivity index (χ0n) is 12.9. The van der Waals surface area contributed by atoms with Crippen LogP contribution in [-0.2, 0) is 14.4 Å². The van der Waals surface area contributed by atoms with Crippen molar-refractivity contribution in [2.45, 2.75) is 26.7 Å². The van der Waals surface area contributed by atoms with Gasteiger partial charge in [-0.2, -0.15) is 0 Å². The summed E-state index contributed by atoms with van der Waals surface area (Å²) in [4.78, 5) is 44.9. The van der Waals surface area contributed by atoms with Gasteiger partial charge in [-0.1, -0.05) is 6.07 Å². The molecule has 0 saturated carbocycles. The Kier molecular flexibility index (Phi) is 6.72. The molecule has 1 aromatic carbocycles. The molecule has 0 saturated heterocycles. The monoisotopic (exact) mass is 321 g/mol. The van der Waals surface area contributed by atoms with E-state index in [9.17, 15) is 19.2 Å². The van der Waals surface area contributed by atoms with Crippen LogP contribution in [-0.4, -0.2) is 35.3 Å². The third kappa shape index (κ3) is 6.60. The molecule has 0 atom stereocenters. The molecule has 23 heavy (non-hydrogen) atoms. The zero-order chi connectivity index (χ0) is 17.4. The molecule has 0 fully saturated rings. The topological polar surface area (TPSA) is 125 Å². The summed E-state index contributed by atoms with van der Waals surface area (Å²) in [5.74, 6) is -2.75. The number of hydrogen-bond acceptors (Lipinski definition) is 4. The molecule has 0 radical (unpaired) electrons. The van der Waals surface area contributed by atoms with Crippen molar-refractivity contribution in [2.24, 2.45) is 0 Å². The van der Waals surface area contributed by atoms with Gasteiger partial charge in [0.2, 0.25) is 5.91 Å². The maximum Gasteiger partial charge on any atom is 0.303 e. The van der Waals surface area contributed by atoms with E-state index in [0.717, 1.165) is 11.1 Å². The van der Waals surface area contributed by atoms with Gasteiger partial charge < -0.3 is 10.4 Å². The number of hydrazine groups is 1. The van der Waals surface area contributed by atoms with E-state index >= 15 is 0 Å². The molecule has 4 N–H and O–H groups in total. The first kappa shape index (κ1) is 18.1. The van der Waals surface area contributed by atoms with Crippen molar-refractivity contribution in [3.8, 4) is 0 Å². The van der Waals surface area contributed by atoms with Gasteiger partial charge in [-0.25, -0.2) is 0 Å². The smallest absolute Gasteiger partial charge is 0.303 e. The highest BCUT2D eigenvalue weighted by molar-refractivity contribution is 5.96. The summed E-state index contributed by atoms with van der Waals surface area (Å²) < 4.78 is 0. The number of carboxylic acids is 1. The predicted molar refractivity (Wildman–Crippen MR) is 81.4 cm³/mol. The molecule has 0 bridgehead atoms. The lowest BCUT2D eigenvalue weighted by Gasteiger charge is -2.09. The van der Waals surface area contributed by atoms with Crippen molar-refractivity contribution in [2.75, 3.05) is 6.54 Å². The van der Waals surface area contributed by atoms with Crippen molar-refractivity contribution in [1.82, 2.24) is 16.2 Å². The van der Waals surface area contributed by atoms with E-state index in [1.165, 1.54) is 0 Å². The molecule has 0 aliphatic heterocycles. The SMILES string of the molecule is Cc1ccc(C(=O)NCC(=O)NNC(=O)CCC(=O)O)cc1C. The molecule has 0 aromatic heterocycles. The van der Waals surface area contributed by atoms with Crippen LogP contribution in [0.4, 0.5) is 0 Å². The second-order valence-electron chi connectivity index (χ2n) is 4.97. The number of carbonyl (C=O) groups excluding carboxylic acids is 3. The maximum absolute atomic E-state index is 11.9. The molecule has 0 heterocycles. The molecule has 8 heteroatoms. The number of carbonyl (C=O) groups is 4. The average molecular weight is 321 g/mol. The highest BCUT2D eigenvalue weighted by Crippen LogP contribution is 2.09. The first-order valence-electron chi connectivity index (χ1n) is 6.94. The Morgan fingerprint density at radius 2 is 1.61 bits per heavy atom. The fraction of sp³-hybridized carbons (Fsp3) is 0.333. The average Bonchev–Trinajstić information content (AvgIpc) is 2.51. The van der Waals surface area contributed by atoms with Crippen LogP contribution < -0.4 is 16.2 Å². The normalized spacial score (nSPS) is 9.83. The molecular formula is C15H19N3O5. The number of hydrogen-bond donors (Lipinski definition) is 4. The number of benzene rings is 1. The summed E-state index contributed by atoms with van der Waals surface area (Å²) in [5, 5.41) is 10.8. The summed E-state index contributed by atoms with van der Waals surface area (Å²) in [7, 11) is 0. The van der Waals surface area contributed by atoms with Crippen molar-refractivity contribution in [3.05, 3.63) is 34.9 Å². The fourth-order valence-corrected chi connectivity index (χ4v) is 1.61. The van der Waals surface area contributed by atoms with Gasteiger partial charge in [0.15, 0.2) is 0 Å². The van der Waals surface area contributed by atoms with E-state index in [1.807, 2.05) is 19.9 Å². The van der Waals surface area contributed by atoms with Crippen LogP contribution in [0, 0.1) is 13.8 Å². The molecule has 124 valence electrons. The molecular weight excluding hydrogens is 302 g/mol. The Balaban J connectivity index is 2.35. The first-order valence-corrected chi connectivity index (χ1v) is 6.94. The summed E-state index contributed by atoms with van der Waals surface area (Å²) in [6, 6.07) is 5.19. The van der Waals surface area contributed by atoms with E-state index in [-0.39, 0.29) is 19.4 Å². The molecule has 3 amide bonds. The largest absolute Gasteiger partial charge is 0.481 e. The van der Waals surface area contributed by atoms with Gasteiger partial charge in [-0.3, -0.25) is 30.0 Å². The second-order valence-corrected chi connectivity index (χ2v) is 4.97. The predicted octanol–water partition coefficient (Wildman–Crippen LogP) is 0.0454. The summed E-state index contributed by atoms with van der Waals surface area (Å²) in [5.41, 5.74) is 6.61. The first-order chi connectivity index (χ1) is 10.8. The van der Waals surface area contributed by atoms with Gasteiger partial charge in [0.25, 0.3) is 11.8 Å². The van der Waals surface area contributed by atoms with Crippen LogP contribution in [0.25, 0.3) is 0 Å². The van der Waals surface area contributed by atoms with Crippen LogP contribution in [0.3, 0.4) is 0 Å². The van der Waals surface area contributed by atoms with Crippen LogP contribution in [0.2, 0.25) is 0 Å². The van der Waals surface area contributed by atoms with Gasteiger partial charge in [-0.15, -0.1) is 0 Å². The lowest BCUT2D eigenvalue weighted by atomic mass is 10.1. The van der Waals surface area contributed by atoms with Crippen LogP contribution in [0.1, 0.15) is 34.3 Å².